The van der Waals surface area contributed by atoms with E-state index in [1.807, 2.05) is 6.92 Å². The quantitative estimate of drug-likeness (QED) is 0.128. The Balaban J connectivity index is 1.90. The Morgan fingerprint density at radius 3 is 1.92 bits per heavy atom. The highest BCUT2D eigenvalue weighted by molar-refractivity contribution is 14.1. The van der Waals surface area contributed by atoms with Gasteiger partial charge in [0.15, 0.2) is 0 Å². The van der Waals surface area contributed by atoms with Crippen molar-refractivity contribution in [2.45, 2.75) is 120 Å². The van der Waals surface area contributed by atoms with Crippen molar-refractivity contribution in [3.8, 4) is 0 Å². The SMILES string of the molecule is CCCCCCCCCCCCC1CCC(OC(=O)C(C)I)CC1. The van der Waals surface area contributed by atoms with Gasteiger partial charge in [0.2, 0.25) is 0 Å². The third-order valence-electron chi connectivity index (χ3n) is 5.37. The third kappa shape index (κ3) is 10.9. The van der Waals surface area contributed by atoms with Crippen molar-refractivity contribution >= 4 is 28.6 Å². The van der Waals surface area contributed by atoms with E-state index in [9.17, 15) is 4.79 Å². The van der Waals surface area contributed by atoms with Gasteiger partial charge in [-0.05, 0) is 38.5 Å². The Hall–Kier alpha value is 0.200. The number of unbranched alkanes of at least 4 members (excludes halogenated alkanes) is 9. The molecule has 0 radical (unpaired) electrons. The molecule has 1 saturated carbocycles. The molecule has 1 unspecified atom stereocenters. The van der Waals surface area contributed by atoms with Gasteiger partial charge in [-0.15, -0.1) is 0 Å². The summed E-state index contributed by atoms with van der Waals surface area (Å²) in [4.78, 5) is 11.6. The molecule has 0 saturated heterocycles. The summed E-state index contributed by atoms with van der Waals surface area (Å²) in [7, 11) is 0. The predicted molar refractivity (Wildman–Crippen MR) is 112 cm³/mol. The minimum absolute atomic E-state index is 0.0213. The van der Waals surface area contributed by atoms with E-state index in [0.29, 0.717) is 0 Å². The van der Waals surface area contributed by atoms with Crippen LogP contribution in [0.15, 0.2) is 0 Å². The van der Waals surface area contributed by atoms with Crippen LogP contribution in [0.25, 0.3) is 0 Å². The molecule has 1 rings (SSSR count). The molecule has 142 valence electrons. The second-order valence-electron chi connectivity index (χ2n) is 7.67. The van der Waals surface area contributed by atoms with E-state index in [2.05, 4.69) is 29.5 Å². The molecule has 0 heterocycles. The lowest BCUT2D eigenvalue weighted by Crippen LogP contribution is -2.27. The Morgan fingerprint density at radius 2 is 1.42 bits per heavy atom. The summed E-state index contributed by atoms with van der Waals surface area (Å²) in [6.07, 6.45) is 20.4. The maximum Gasteiger partial charge on any atom is 0.318 e. The minimum Gasteiger partial charge on any atom is -0.462 e. The maximum absolute atomic E-state index is 11.6. The van der Waals surface area contributed by atoms with Crippen LogP contribution >= 0.6 is 22.6 Å². The van der Waals surface area contributed by atoms with E-state index in [1.54, 1.807) is 0 Å². The molecule has 0 aromatic heterocycles. The standard InChI is InChI=1S/C21H39IO2/c1-3-4-5-6-7-8-9-10-11-12-13-19-14-16-20(17-15-19)24-21(23)18(2)22/h18-20H,3-17H2,1-2H3. The first-order chi connectivity index (χ1) is 11.6. The molecule has 0 bridgehead atoms. The van der Waals surface area contributed by atoms with Crippen molar-refractivity contribution in [1.82, 2.24) is 0 Å². The van der Waals surface area contributed by atoms with Crippen LogP contribution in [0.3, 0.4) is 0 Å². The zero-order valence-corrected chi connectivity index (χ0v) is 18.2. The van der Waals surface area contributed by atoms with Gasteiger partial charge in [0, 0.05) is 0 Å². The predicted octanol–water partition coefficient (Wildman–Crippen LogP) is 7.22. The van der Waals surface area contributed by atoms with Crippen LogP contribution in [0.1, 0.15) is 110 Å². The second kappa shape index (κ2) is 14.4. The van der Waals surface area contributed by atoms with Gasteiger partial charge in [0.25, 0.3) is 0 Å². The molecule has 0 aromatic rings. The lowest BCUT2D eigenvalue weighted by molar-refractivity contribution is -0.149. The Labute approximate surface area is 164 Å². The third-order valence-corrected chi connectivity index (χ3v) is 5.88. The van der Waals surface area contributed by atoms with E-state index < -0.39 is 0 Å². The summed E-state index contributed by atoms with van der Waals surface area (Å²) in [6.45, 7) is 4.18. The molecule has 0 amide bonds. The van der Waals surface area contributed by atoms with Gasteiger partial charge in [0.1, 0.15) is 10.0 Å². The summed E-state index contributed by atoms with van der Waals surface area (Å²) >= 11 is 2.13. The van der Waals surface area contributed by atoms with Crippen molar-refractivity contribution in [2.24, 2.45) is 5.92 Å². The molecule has 3 heteroatoms. The van der Waals surface area contributed by atoms with Crippen LogP contribution < -0.4 is 0 Å². The fourth-order valence-electron chi connectivity index (χ4n) is 3.72. The van der Waals surface area contributed by atoms with E-state index in [-0.39, 0.29) is 16.0 Å². The minimum atomic E-state index is -0.0336. The summed E-state index contributed by atoms with van der Waals surface area (Å²) < 4.78 is 5.54. The second-order valence-corrected chi connectivity index (χ2v) is 9.53. The topological polar surface area (TPSA) is 26.3 Å². The molecule has 1 atom stereocenters. The average molecular weight is 450 g/mol. The fourth-order valence-corrected chi connectivity index (χ4v) is 3.86. The van der Waals surface area contributed by atoms with Gasteiger partial charge in [-0.25, -0.2) is 0 Å². The van der Waals surface area contributed by atoms with Crippen LogP contribution in [0.5, 0.6) is 0 Å². The van der Waals surface area contributed by atoms with Crippen LogP contribution in [0.4, 0.5) is 0 Å². The number of hydrogen-bond donors (Lipinski definition) is 0. The largest absolute Gasteiger partial charge is 0.462 e. The smallest absolute Gasteiger partial charge is 0.318 e. The molecule has 0 spiro atoms. The number of rotatable bonds is 13. The van der Waals surface area contributed by atoms with Crippen molar-refractivity contribution < 1.29 is 9.53 Å². The highest BCUT2D eigenvalue weighted by atomic mass is 127. The number of halogens is 1. The zero-order chi connectivity index (χ0) is 17.6. The van der Waals surface area contributed by atoms with Crippen molar-refractivity contribution in [1.29, 1.82) is 0 Å². The molecular formula is C21H39IO2. The van der Waals surface area contributed by atoms with Gasteiger partial charge < -0.3 is 4.74 Å². The Kier molecular flexibility index (Phi) is 13.3. The van der Waals surface area contributed by atoms with Gasteiger partial charge in [0.05, 0.1) is 0 Å². The van der Waals surface area contributed by atoms with Crippen LogP contribution in [-0.4, -0.2) is 16.0 Å². The number of hydrogen-bond acceptors (Lipinski definition) is 2. The average Bonchev–Trinajstić information content (AvgIpc) is 2.58. The lowest BCUT2D eigenvalue weighted by atomic mass is 9.84. The summed E-state index contributed by atoms with van der Waals surface area (Å²) in [5, 5.41) is 0. The first kappa shape index (κ1) is 22.2. The number of carbonyl (C=O) groups excluding carboxylic acids is 1. The van der Waals surface area contributed by atoms with Gasteiger partial charge in [-0.1, -0.05) is 100 Å². The lowest BCUT2D eigenvalue weighted by Gasteiger charge is -2.28. The Morgan fingerprint density at radius 1 is 0.917 bits per heavy atom. The maximum atomic E-state index is 11.6. The Bertz CT molecular complexity index is 309. The summed E-state index contributed by atoms with van der Waals surface area (Å²) in [5.41, 5.74) is 0. The molecule has 1 fully saturated rings. The fraction of sp³-hybridized carbons (Fsp3) is 0.952. The molecule has 0 aromatic carbocycles. The number of carbonyl (C=O) groups is 1. The first-order valence-corrected chi connectivity index (χ1v) is 11.7. The van der Waals surface area contributed by atoms with Crippen LogP contribution in [-0.2, 0) is 9.53 Å². The van der Waals surface area contributed by atoms with E-state index >= 15 is 0 Å². The molecule has 0 aliphatic heterocycles. The highest BCUT2D eigenvalue weighted by Gasteiger charge is 2.24. The first-order valence-electron chi connectivity index (χ1n) is 10.5. The van der Waals surface area contributed by atoms with Crippen LogP contribution in [0, 0.1) is 5.92 Å². The number of ether oxygens (including phenoxy) is 1. The van der Waals surface area contributed by atoms with E-state index in [4.69, 9.17) is 4.74 Å². The zero-order valence-electron chi connectivity index (χ0n) is 16.0. The van der Waals surface area contributed by atoms with Gasteiger partial charge in [-0.2, -0.15) is 0 Å². The molecule has 0 N–H and O–H groups in total. The van der Waals surface area contributed by atoms with Gasteiger partial charge >= 0.3 is 5.97 Å². The van der Waals surface area contributed by atoms with Crippen LogP contribution in [0.2, 0.25) is 0 Å². The molecule has 24 heavy (non-hydrogen) atoms. The normalized spacial score (nSPS) is 22.3. The van der Waals surface area contributed by atoms with E-state index in [0.717, 1.165) is 18.8 Å². The van der Waals surface area contributed by atoms with Gasteiger partial charge in [-0.3, -0.25) is 4.79 Å². The molecule has 2 nitrogen and oxygen atoms in total. The summed E-state index contributed by atoms with van der Waals surface area (Å²) in [5.74, 6) is 0.847. The molecule has 1 aliphatic carbocycles. The highest BCUT2D eigenvalue weighted by Crippen LogP contribution is 2.30. The van der Waals surface area contributed by atoms with Crippen molar-refractivity contribution in [2.75, 3.05) is 0 Å². The van der Waals surface area contributed by atoms with E-state index in [1.165, 1.54) is 83.5 Å². The summed E-state index contributed by atoms with van der Waals surface area (Å²) in [6, 6.07) is 0. The van der Waals surface area contributed by atoms with Crippen molar-refractivity contribution in [3.05, 3.63) is 0 Å². The monoisotopic (exact) mass is 450 g/mol. The molecular weight excluding hydrogens is 411 g/mol. The molecule has 1 aliphatic rings. The van der Waals surface area contributed by atoms with Crippen molar-refractivity contribution in [3.63, 3.8) is 0 Å². The number of alkyl halides is 1. The number of esters is 1.